The van der Waals surface area contributed by atoms with Crippen molar-refractivity contribution in [1.29, 1.82) is 0 Å². The highest BCUT2D eigenvalue weighted by molar-refractivity contribution is 7.87. The highest BCUT2D eigenvalue weighted by Gasteiger charge is 2.04. The van der Waals surface area contributed by atoms with E-state index in [2.05, 4.69) is 0 Å². The summed E-state index contributed by atoms with van der Waals surface area (Å²) in [5, 5.41) is 0. The molecule has 5 nitrogen and oxygen atoms in total. The largest absolute Gasteiger partial charge is 0.357 e. The summed E-state index contributed by atoms with van der Waals surface area (Å²) in [6, 6.07) is 5.72. The number of rotatable bonds is 3. The van der Waals surface area contributed by atoms with Crippen LogP contribution in [0.25, 0.3) is 0 Å². The van der Waals surface area contributed by atoms with E-state index in [0.717, 1.165) is 0 Å². The van der Waals surface area contributed by atoms with Gasteiger partial charge in [0.1, 0.15) is 0 Å². The minimum absolute atomic E-state index is 0.108. The Hall–Kier alpha value is -1.40. The highest BCUT2D eigenvalue weighted by Crippen LogP contribution is 2.10. The van der Waals surface area contributed by atoms with Gasteiger partial charge in [0.2, 0.25) is 0 Å². The third kappa shape index (κ3) is 3.15. The van der Waals surface area contributed by atoms with Crippen molar-refractivity contribution in [3.05, 3.63) is 29.8 Å². The zero-order valence-corrected chi connectivity index (χ0v) is 8.21. The maximum Gasteiger partial charge on any atom is 0.357 e. The SMILES string of the molecule is CC(=O)c1ccc(NS(=O)(=O)O)cc1. The summed E-state index contributed by atoms with van der Waals surface area (Å²) in [7, 11) is -4.25. The fraction of sp³-hybridized carbons (Fsp3) is 0.125. The molecule has 0 heterocycles. The van der Waals surface area contributed by atoms with E-state index in [9.17, 15) is 13.2 Å². The number of hydrogen-bond acceptors (Lipinski definition) is 3. The molecule has 1 aromatic rings. The van der Waals surface area contributed by atoms with Crippen LogP contribution < -0.4 is 4.72 Å². The monoisotopic (exact) mass is 215 g/mol. The van der Waals surface area contributed by atoms with Crippen LogP contribution in [0.2, 0.25) is 0 Å². The van der Waals surface area contributed by atoms with Crippen molar-refractivity contribution < 1.29 is 17.8 Å². The van der Waals surface area contributed by atoms with Gasteiger partial charge in [-0.05, 0) is 31.2 Å². The quantitative estimate of drug-likeness (QED) is 0.584. The Labute approximate surface area is 81.6 Å². The van der Waals surface area contributed by atoms with Gasteiger partial charge in [-0.1, -0.05) is 0 Å². The zero-order chi connectivity index (χ0) is 10.8. The van der Waals surface area contributed by atoms with Crippen molar-refractivity contribution in [2.75, 3.05) is 4.72 Å². The van der Waals surface area contributed by atoms with Crippen molar-refractivity contribution in [2.24, 2.45) is 0 Å². The first-order valence-corrected chi connectivity index (χ1v) is 5.19. The van der Waals surface area contributed by atoms with Gasteiger partial charge in [0, 0.05) is 5.56 Å². The van der Waals surface area contributed by atoms with Crippen LogP contribution in [0, 0.1) is 0 Å². The number of nitrogens with one attached hydrogen (secondary N) is 1. The maximum atomic E-state index is 10.9. The van der Waals surface area contributed by atoms with E-state index in [1.807, 2.05) is 4.72 Å². The van der Waals surface area contributed by atoms with Crippen molar-refractivity contribution in [2.45, 2.75) is 6.92 Å². The van der Waals surface area contributed by atoms with Gasteiger partial charge in [0.25, 0.3) is 0 Å². The van der Waals surface area contributed by atoms with Crippen molar-refractivity contribution in [3.63, 3.8) is 0 Å². The Kier molecular flexibility index (Phi) is 2.87. The van der Waals surface area contributed by atoms with Crippen LogP contribution in [0.4, 0.5) is 5.69 Å². The van der Waals surface area contributed by atoms with Gasteiger partial charge in [-0.25, -0.2) is 0 Å². The first kappa shape index (κ1) is 10.7. The lowest BCUT2D eigenvalue weighted by molar-refractivity contribution is 0.101. The van der Waals surface area contributed by atoms with Crippen LogP contribution in [0.1, 0.15) is 17.3 Å². The van der Waals surface area contributed by atoms with Crippen molar-refractivity contribution in [3.8, 4) is 0 Å². The lowest BCUT2D eigenvalue weighted by Crippen LogP contribution is -2.10. The minimum atomic E-state index is -4.25. The summed E-state index contributed by atoms with van der Waals surface area (Å²) < 4.78 is 31.1. The lowest BCUT2D eigenvalue weighted by Gasteiger charge is -2.02. The molecule has 0 saturated carbocycles. The highest BCUT2D eigenvalue weighted by atomic mass is 32.2. The van der Waals surface area contributed by atoms with Gasteiger partial charge < -0.3 is 0 Å². The second-order valence-corrected chi connectivity index (χ2v) is 3.86. The molecule has 0 aliphatic carbocycles. The molecule has 6 heteroatoms. The van der Waals surface area contributed by atoms with E-state index < -0.39 is 10.3 Å². The van der Waals surface area contributed by atoms with Gasteiger partial charge in [-0.2, -0.15) is 8.42 Å². The lowest BCUT2D eigenvalue weighted by atomic mass is 10.1. The van der Waals surface area contributed by atoms with E-state index in [-0.39, 0.29) is 11.5 Å². The van der Waals surface area contributed by atoms with E-state index >= 15 is 0 Å². The predicted molar refractivity (Wildman–Crippen MR) is 51.6 cm³/mol. The summed E-state index contributed by atoms with van der Waals surface area (Å²) in [6.07, 6.45) is 0. The molecule has 0 bridgehead atoms. The van der Waals surface area contributed by atoms with E-state index in [4.69, 9.17) is 4.55 Å². The van der Waals surface area contributed by atoms with Crippen LogP contribution in [-0.4, -0.2) is 18.8 Å². The summed E-state index contributed by atoms with van der Waals surface area (Å²) in [5.41, 5.74) is 0.684. The third-order valence-corrected chi connectivity index (χ3v) is 2.03. The number of hydrogen-bond donors (Lipinski definition) is 2. The zero-order valence-electron chi connectivity index (χ0n) is 7.39. The molecule has 2 N–H and O–H groups in total. The molecule has 0 aliphatic rings. The summed E-state index contributed by atoms with van der Waals surface area (Å²) in [6.45, 7) is 1.41. The number of carbonyl (C=O) groups is 1. The molecule has 76 valence electrons. The van der Waals surface area contributed by atoms with Crippen molar-refractivity contribution >= 4 is 21.8 Å². The number of carbonyl (C=O) groups excluding carboxylic acids is 1. The second kappa shape index (κ2) is 3.77. The van der Waals surface area contributed by atoms with Gasteiger partial charge in [-0.3, -0.25) is 14.1 Å². The van der Waals surface area contributed by atoms with Gasteiger partial charge in [0.15, 0.2) is 5.78 Å². The maximum absolute atomic E-state index is 10.9. The average Bonchev–Trinajstić information content (AvgIpc) is 2.02. The first-order valence-electron chi connectivity index (χ1n) is 3.75. The van der Waals surface area contributed by atoms with Gasteiger partial charge >= 0.3 is 10.3 Å². The minimum Gasteiger partial charge on any atom is -0.295 e. The molecule has 0 fully saturated rings. The predicted octanol–water partition coefficient (Wildman–Crippen LogP) is 1.10. The molecule has 0 unspecified atom stereocenters. The molecule has 0 spiro atoms. The molecule has 0 aliphatic heterocycles. The second-order valence-electron chi connectivity index (χ2n) is 2.71. The van der Waals surface area contributed by atoms with Crippen LogP contribution in [-0.2, 0) is 10.3 Å². The van der Waals surface area contributed by atoms with E-state index in [0.29, 0.717) is 5.56 Å². The normalized spacial score (nSPS) is 11.0. The molecule has 1 aromatic carbocycles. The molecular weight excluding hydrogens is 206 g/mol. The molecule has 0 atom stereocenters. The van der Waals surface area contributed by atoms with Crippen LogP contribution >= 0.6 is 0 Å². The molecule has 0 aromatic heterocycles. The molecular formula is C8H9NO4S. The summed E-state index contributed by atoms with van der Waals surface area (Å²) in [4.78, 5) is 10.9. The van der Waals surface area contributed by atoms with Crippen LogP contribution in [0.3, 0.4) is 0 Å². The smallest absolute Gasteiger partial charge is 0.295 e. The van der Waals surface area contributed by atoms with Crippen LogP contribution in [0.5, 0.6) is 0 Å². The standard InChI is InChI=1S/C8H9NO4S/c1-6(10)7-2-4-8(5-3-7)9-14(11,12)13/h2-5,9H,1H3,(H,11,12,13). The molecule has 0 saturated heterocycles. The third-order valence-electron chi connectivity index (χ3n) is 1.54. The van der Waals surface area contributed by atoms with Gasteiger partial charge in [-0.15, -0.1) is 0 Å². The number of anilines is 1. The molecule has 14 heavy (non-hydrogen) atoms. The summed E-state index contributed by atoms with van der Waals surface area (Å²) >= 11 is 0. The topological polar surface area (TPSA) is 83.5 Å². The van der Waals surface area contributed by atoms with Crippen LogP contribution in [0.15, 0.2) is 24.3 Å². The Morgan fingerprint density at radius 1 is 1.29 bits per heavy atom. The Balaban J connectivity index is 2.90. The molecule has 0 radical (unpaired) electrons. The number of Topliss-reactive ketones (excluding diaryl/α,β-unsaturated/α-hetero) is 1. The molecule has 1 rings (SSSR count). The fourth-order valence-corrected chi connectivity index (χ4v) is 1.36. The number of benzene rings is 1. The number of ketones is 1. The van der Waals surface area contributed by atoms with Crippen molar-refractivity contribution in [1.82, 2.24) is 0 Å². The first-order chi connectivity index (χ1) is 6.38. The Bertz CT molecular complexity index is 435. The average molecular weight is 215 g/mol. The van der Waals surface area contributed by atoms with Gasteiger partial charge in [0.05, 0.1) is 5.69 Å². The Morgan fingerprint density at radius 2 is 1.79 bits per heavy atom. The van der Waals surface area contributed by atoms with E-state index in [1.165, 1.54) is 31.2 Å². The Morgan fingerprint density at radius 3 is 2.14 bits per heavy atom. The summed E-state index contributed by atoms with van der Waals surface area (Å²) in [5.74, 6) is -0.108. The molecule has 0 amide bonds. The van der Waals surface area contributed by atoms with E-state index in [1.54, 1.807) is 0 Å². The fourth-order valence-electron chi connectivity index (χ4n) is 0.922.